The molecular formula is C23H29F3N2O. The number of fused-ring (bicyclic) bond motifs is 1. The molecule has 1 aliphatic rings. The number of carbonyl (C=O) groups excluding carboxylic acids is 1. The van der Waals surface area contributed by atoms with Crippen molar-refractivity contribution < 1.29 is 18.0 Å². The van der Waals surface area contributed by atoms with Gasteiger partial charge in [-0.2, -0.15) is 13.2 Å². The normalized spacial score (nSPS) is 16.3. The van der Waals surface area contributed by atoms with Gasteiger partial charge in [0.15, 0.2) is 0 Å². The zero-order valence-corrected chi connectivity index (χ0v) is 16.9. The van der Waals surface area contributed by atoms with Crippen LogP contribution in [0.4, 0.5) is 13.2 Å². The van der Waals surface area contributed by atoms with Gasteiger partial charge in [0.2, 0.25) is 5.91 Å². The number of nitrogens with zero attached hydrogens (tertiary/aromatic N) is 1. The van der Waals surface area contributed by atoms with E-state index in [4.69, 9.17) is 0 Å². The highest BCUT2D eigenvalue weighted by molar-refractivity contribution is 5.87. The molecule has 1 atom stereocenters. The number of aryl methyl sites for hydroxylation is 1. The van der Waals surface area contributed by atoms with Crippen molar-refractivity contribution in [1.29, 1.82) is 0 Å². The van der Waals surface area contributed by atoms with Crippen LogP contribution in [-0.2, 0) is 11.2 Å². The molecule has 1 aliphatic heterocycles. The van der Waals surface area contributed by atoms with E-state index in [2.05, 4.69) is 12.3 Å². The van der Waals surface area contributed by atoms with E-state index in [0.29, 0.717) is 6.42 Å². The van der Waals surface area contributed by atoms with Crippen LogP contribution in [0.25, 0.3) is 10.8 Å². The van der Waals surface area contributed by atoms with E-state index >= 15 is 0 Å². The van der Waals surface area contributed by atoms with Gasteiger partial charge in [-0.1, -0.05) is 75.4 Å². The number of halogens is 3. The van der Waals surface area contributed by atoms with Crippen LogP contribution in [0.15, 0.2) is 36.4 Å². The summed E-state index contributed by atoms with van der Waals surface area (Å²) in [4.78, 5) is 11.6. The molecule has 1 heterocycles. The molecule has 3 nitrogen and oxygen atoms in total. The van der Waals surface area contributed by atoms with Gasteiger partial charge in [-0.05, 0) is 34.7 Å². The number of hydrazine groups is 1. The Morgan fingerprint density at radius 2 is 1.76 bits per heavy atom. The first kappa shape index (κ1) is 21.6. The number of nitrogens with one attached hydrogen (secondary N) is 1. The Morgan fingerprint density at radius 1 is 1.03 bits per heavy atom. The van der Waals surface area contributed by atoms with Crippen LogP contribution in [0.1, 0.15) is 69.0 Å². The van der Waals surface area contributed by atoms with E-state index in [0.717, 1.165) is 40.6 Å². The highest BCUT2D eigenvalue weighted by Gasteiger charge is 2.47. The second-order valence-corrected chi connectivity index (χ2v) is 7.79. The Morgan fingerprint density at radius 3 is 2.45 bits per heavy atom. The molecule has 2 aromatic rings. The Labute approximate surface area is 170 Å². The zero-order valence-electron chi connectivity index (χ0n) is 16.9. The van der Waals surface area contributed by atoms with Crippen molar-refractivity contribution in [2.45, 2.75) is 70.5 Å². The van der Waals surface area contributed by atoms with Crippen LogP contribution in [-0.4, -0.2) is 23.6 Å². The summed E-state index contributed by atoms with van der Waals surface area (Å²) >= 11 is 0. The molecule has 0 saturated carbocycles. The summed E-state index contributed by atoms with van der Waals surface area (Å²) in [5.74, 6) is -0.363. The van der Waals surface area contributed by atoms with Gasteiger partial charge in [-0.25, -0.2) is 5.01 Å². The van der Waals surface area contributed by atoms with Gasteiger partial charge in [0, 0.05) is 13.0 Å². The molecule has 1 amide bonds. The summed E-state index contributed by atoms with van der Waals surface area (Å²) in [6.07, 6.45) is 2.75. The van der Waals surface area contributed by atoms with E-state index < -0.39 is 12.2 Å². The lowest BCUT2D eigenvalue weighted by molar-refractivity contribution is -0.191. The van der Waals surface area contributed by atoms with Crippen molar-refractivity contribution in [2.75, 3.05) is 6.54 Å². The number of unbranched alkanes of at least 4 members (excludes halogenated alkanes) is 5. The number of alkyl halides is 3. The van der Waals surface area contributed by atoms with Crippen LogP contribution in [0, 0.1) is 0 Å². The molecule has 0 unspecified atom stereocenters. The summed E-state index contributed by atoms with van der Waals surface area (Å²) in [6, 6.07) is 9.14. The molecule has 1 fully saturated rings. The molecule has 0 radical (unpaired) electrons. The van der Waals surface area contributed by atoms with Crippen LogP contribution in [0.3, 0.4) is 0 Å². The second kappa shape index (κ2) is 9.61. The summed E-state index contributed by atoms with van der Waals surface area (Å²) in [5, 5.41) is 2.87. The van der Waals surface area contributed by atoms with Crippen molar-refractivity contribution >= 4 is 16.7 Å². The fraction of sp³-hybridized carbons (Fsp3) is 0.522. The van der Waals surface area contributed by atoms with Crippen LogP contribution >= 0.6 is 0 Å². The van der Waals surface area contributed by atoms with Crippen molar-refractivity contribution in [3.63, 3.8) is 0 Å². The van der Waals surface area contributed by atoms with Gasteiger partial charge in [0.1, 0.15) is 6.04 Å². The van der Waals surface area contributed by atoms with E-state index in [1.165, 1.54) is 19.3 Å². The maximum atomic E-state index is 14.1. The molecule has 2 aromatic carbocycles. The van der Waals surface area contributed by atoms with Crippen molar-refractivity contribution in [2.24, 2.45) is 0 Å². The van der Waals surface area contributed by atoms with E-state index in [9.17, 15) is 18.0 Å². The van der Waals surface area contributed by atoms with Crippen molar-refractivity contribution in [1.82, 2.24) is 10.4 Å². The fourth-order valence-corrected chi connectivity index (χ4v) is 4.18. The quantitative estimate of drug-likeness (QED) is 0.512. The van der Waals surface area contributed by atoms with Gasteiger partial charge in [-0.15, -0.1) is 0 Å². The Balaban J connectivity index is 1.93. The Bertz CT molecular complexity index is 834. The third kappa shape index (κ3) is 5.30. The summed E-state index contributed by atoms with van der Waals surface area (Å²) in [6.45, 7) is 2.23. The number of benzene rings is 2. The minimum atomic E-state index is -4.48. The highest BCUT2D eigenvalue weighted by atomic mass is 19.4. The molecule has 0 aromatic heterocycles. The monoisotopic (exact) mass is 406 g/mol. The summed E-state index contributed by atoms with van der Waals surface area (Å²) in [5.41, 5.74) is 3.41. The number of rotatable bonds is 9. The lowest BCUT2D eigenvalue weighted by atomic mass is 9.90. The molecule has 6 heteroatoms. The molecule has 0 aliphatic carbocycles. The van der Waals surface area contributed by atoms with Crippen molar-refractivity contribution in [3.05, 3.63) is 47.5 Å². The zero-order chi connectivity index (χ0) is 20.9. The average molecular weight is 406 g/mol. The first-order valence-corrected chi connectivity index (χ1v) is 10.5. The molecule has 29 heavy (non-hydrogen) atoms. The largest absolute Gasteiger partial charge is 0.409 e. The SMILES string of the molecule is CCCCCCCCc1c([C@H](N2CCC(=O)N2)C(F)(F)F)ccc2ccccc12. The second-order valence-electron chi connectivity index (χ2n) is 7.79. The molecule has 0 bridgehead atoms. The minimum absolute atomic E-state index is 0.0618. The standard InChI is InChI=1S/C23H29F3N2O/c1-2-3-4-5-6-7-12-19-18-11-9-8-10-17(18)13-14-20(19)22(23(24,25)26)28-16-15-21(29)27-28/h8-11,13-14,22H,2-7,12,15-16H2,1H3,(H,27,29)/t22-/m0/s1. The number of carbonyl (C=O) groups is 1. The topological polar surface area (TPSA) is 32.3 Å². The van der Waals surface area contributed by atoms with Gasteiger partial charge >= 0.3 is 6.18 Å². The van der Waals surface area contributed by atoms with Crippen LogP contribution in [0.2, 0.25) is 0 Å². The maximum absolute atomic E-state index is 14.1. The smallest absolute Gasteiger partial charge is 0.288 e. The van der Waals surface area contributed by atoms with E-state index in [-0.39, 0.29) is 24.4 Å². The van der Waals surface area contributed by atoms with Crippen molar-refractivity contribution in [3.8, 4) is 0 Å². The molecular weight excluding hydrogens is 377 g/mol. The third-order valence-corrected chi connectivity index (χ3v) is 5.62. The Kier molecular flexibility index (Phi) is 7.17. The van der Waals surface area contributed by atoms with Crippen LogP contribution in [0.5, 0.6) is 0 Å². The maximum Gasteiger partial charge on any atom is 0.409 e. The average Bonchev–Trinajstić information content (AvgIpc) is 3.10. The molecule has 1 saturated heterocycles. The van der Waals surface area contributed by atoms with Gasteiger partial charge in [-0.3, -0.25) is 10.2 Å². The lowest BCUT2D eigenvalue weighted by Crippen LogP contribution is -2.44. The summed E-state index contributed by atoms with van der Waals surface area (Å²) < 4.78 is 42.3. The molecule has 158 valence electrons. The summed E-state index contributed by atoms with van der Waals surface area (Å²) in [7, 11) is 0. The number of hydrogen-bond acceptors (Lipinski definition) is 2. The van der Waals surface area contributed by atoms with Gasteiger partial charge in [0.25, 0.3) is 0 Å². The van der Waals surface area contributed by atoms with Gasteiger partial charge in [0.05, 0.1) is 0 Å². The third-order valence-electron chi connectivity index (χ3n) is 5.62. The van der Waals surface area contributed by atoms with Crippen LogP contribution < -0.4 is 5.43 Å². The Hall–Kier alpha value is -2.08. The molecule has 3 rings (SSSR count). The predicted octanol–water partition coefficient (Wildman–Crippen LogP) is 6.08. The van der Waals surface area contributed by atoms with Gasteiger partial charge < -0.3 is 0 Å². The number of amides is 1. The fourth-order valence-electron chi connectivity index (χ4n) is 4.18. The predicted molar refractivity (Wildman–Crippen MR) is 109 cm³/mol. The highest BCUT2D eigenvalue weighted by Crippen LogP contribution is 2.41. The minimum Gasteiger partial charge on any atom is -0.288 e. The first-order chi connectivity index (χ1) is 13.9. The first-order valence-electron chi connectivity index (χ1n) is 10.5. The lowest BCUT2D eigenvalue weighted by Gasteiger charge is -2.31. The molecule has 0 spiro atoms. The molecule has 1 N–H and O–H groups in total. The van der Waals surface area contributed by atoms with E-state index in [1.54, 1.807) is 12.1 Å². The van der Waals surface area contributed by atoms with E-state index in [1.807, 2.05) is 24.3 Å². The number of hydrogen-bond donors (Lipinski definition) is 1.